The van der Waals surface area contributed by atoms with Crippen LogP contribution in [0.15, 0.2) is 30.7 Å². The zero-order chi connectivity index (χ0) is 17.2. The normalized spacial score (nSPS) is 22.4. The number of hydrogen-bond donors (Lipinski definition) is 0. The van der Waals surface area contributed by atoms with Crippen LogP contribution in [0, 0.1) is 17.2 Å². The van der Waals surface area contributed by atoms with Gasteiger partial charge in [0, 0.05) is 38.2 Å². The number of anilines is 2. The van der Waals surface area contributed by atoms with Gasteiger partial charge in [-0.1, -0.05) is 0 Å². The molecule has 2 aliphatic rings. The Hall–Kier alpha value is -2.88. The Kier molecular flexibility index (Phi) is 4.10. The molecule has 7 heteroatoms. The SMILES string of the molecule is COc1nccnc1N1CCC2CCN(c3ccc(C#N)cn3)C2C1. The lowest BCUT2D eigenvalue weighted by Gasteiger charge is -2.39. The maximum absolute atomic E-state index is 8.96. The molecule has 0 amide bonds. The van der Waals surface area contributed by atoms with Crippen LogP contribution in [0.5, 0.6) is 5.88 Å². The Morgan fingerprint density at radius 3 is 2.76 bits per heavy atom. The number of methoxy groups -OCH3 is 1. The molecule has 2 fully saturated rings. The van der Waals surface area contributed by atoms with Gasteiger partial charge in [-0.2, -0.15) is 5.26 Å². The predicted octanol–water partition coefficient (Wildman–Crippen LogP) is 1.86. The van der Waals surface area contributed by atoms with E-state index >= 15 is 0 Å². The van der Waals surface area contributed by atoms with Crippen molar-refractivity contribution in [1.82, 2.24) is 15.0 Å². The number of nitriles is 1. The molecule has 0 spiro atoms. The quantitative estimate of drug-likeness (QED) is 0.846. The zero-order valence-electron chi connectivity index (χ0n) is 14.2. The van der Waals surface area contributed by atoms with Crippen molar-refractivity contribution in [2.45, 2.75) is 18.9 Å². The lowest BCUT2D eigenvalue weighted by Crippen LogP contribution is -2.49. The smallest absolute Gasteiger partial charge is 0.257 e. The standard InChI is InChI=1S/C18H20N6O/c1-25-18-17(20-6-7-21-18)23-8-4-14-5-9-24(15(14)12-23)16-3-2-13(10-19)11-22-16/h2-3,6-7,11,14-15H,4-5,8-9,12H2,1H3. The number of piperidine rings is 1. The van der Waals surface area contributed by atoms with Gasteiger partial charge in [0.1, 0.15) is 11.9 Å². The van der Waals surface area contributed by atoms with Crippen molar-refractivity contribution in [1.29, 1.82) is 5.26 Å². The van der Waals surface area contributed by atoms with Crippen LogP contribution in [0.2, 0.25) is 0 Å². The molecular weight excluding hydrogens is 316 g/mol. The molecule has 2 atom stereocenters. The Labute approximate surface area is 146 Å². The second kappa shape index (κ2) is 6.55. The predicted molar refractivity (Wildman–Crippen MR) is 93.6 cm³/mol. The first-order valence-corrected chi connectivity index (χ1v) is 8.53. The van der Waals surface area contributed by atoms with Gasteiger partial charge >= 0.3 is 0 Å². The third-order valence-corrected chi connectivity index (χ3v) is 5.17. The second-order valence-electron chi connectivity index (χ2n) is 6.45. The van der Waals surface area contributed by atoms with Crippen molar-refractivity contribution in [3.8, 4) is 11.9 Å². The van der Waals surface area contributed by atoms with E-state index in [2.05, 4.69) is 30.8 Å². The molecule has 0 aromatic carbocycles. The van der Waals surface area contributed by atoms with Crippen molar-refractivity contribution < 1.29 is 4.74 Å². The number of aromatic nitrogens is 3. The summed E-state index contributed by atoms with van der Waals surface area (Å²) in [6, 6.07) is 6.30. The Balaban J connectivity index is 1.57. The number of fused-ring (bicyclic) bond motifs is 1. The van der Waals surface area contributed by atoms with E-state index in [4.69, 9.17) is 10.00 Å². The van der Waals surface area contributed by atoms with Crippen molar-refractivity contribution in [2.24, 2.45) is 5.92 Å². The summed E-state index contributed by atoms with van der Waals surface area (Å²) >= 11 is 0. The van der Waals surface area contributed by atoms with Crippen molar-refractivity contribution in [3.05, 3.63) is 36.3 Å². The maximum atomic E-state index is 8.96. The molecule has 0 radical (unpaired) electrons. The summed E-state index contributed by atoms with van der Waals surface area (Å²) in [4.78, 5) is 17.9. The Bertz CT molecular complexity index is 787. The molecule has 25 heavy (non-hydrogen) atoms. The lowest BCUT2D eigenvalue weighted by atomic mass is 9.92. The van der Waals surface area contributed by atoms with Gasteiger partial charge in [-0.05, 0) is 30.9 Å². The number of nitrogens with zero attached hydrogens (tertiary/aromatic N) is 6. The molecule has 0 bridgehead atoms. The van der Waals surface area contributed by atoms with Gasteiger partial charge in [-0.15, -0.1) is 0 Å². The van der Waals surface area contributed by atoms with E-state index in [-0.39, 0.29) is 0 Å². The highest BCUT2D eigenvalue weighted by Gasteiger charge is 2.39. The van der Waals surface area contributed by atoms with Gasteiger partial charge in [0.15, 0.2) is 5.82 Å². The summed E-state index contributed by atoms with van der Waals surface area (Å²) in [5, 5.41) is 8.96. The fraction of sp³-hybridized carbons (Fsp3) is 0.444. The topological polar surface area (TPSA) is 78.2 Å². The van der Waals surface area contributed by atoms with E-state index in [9.17, 15) is 0 Å². The number of pyridine rings is 1. The molecule has 0 N–H and O–H groups in total. The molecule has 2 aliphatic heterocycles. The monoisotopic (exact) mass is 336 g/mol. The summed E-state index contributed by atoms with van der Waals surface area (Å²) in [6.45, 7) is 2.84. The van der Waals surface area contributed by atoms with Gasteiger partial charge in [0.2, 0.25) is 0 Å². The van der Waals surface area contributed by atoms with E-state index in [1.165, 1.54) is 6.42 Å². The Morgan fingerprint density at radius 1 is 1.16 bits per heavy atom. The van der Waals surface area contributed by atoms with Gasteiger partial charge in [0.25, 0.3) is 5.88 Å². The molecule has 2 aromatic rings. The van der Waals surface area contributed by atoms with E-state index in [0.29, 0.717) is 23.4 Å². The highest BCUT2D eigenvalue weighted by molar-refractivity contribution is 5.51. The molecular formula is C18H20N6O. The average Bonchev–Trinajstić information content (AvgIpc) is 3.11. The molecule has 7 nitrogen and oxygen atoms in total. The molecule has 2 saturated heterocycles. The van der Waals surface area contributed by atoms with Crippen molar-refractivity contribution in [2.75, 3.05) is 36.5 Å². The highest BCUT2D eigenvalue weighted by Crippen LogP contribution is 2.36. The van der Waals surface area contributed by atoms with Crippen LogP contribution >= 0.6 is 0 Å². The highest BCUT2D eigenvalue weighted by atomic mass is 16.5. The fourth-order valence-electron chi connectivity index (χ4n) is 3.92. The first-order valence-electron chi connectivity index (χ1n) is 8.53. The maximum Gasteiger partial charge on any atom is 0.257 e. The summed E-state index contributed by atoms with van der Waals surface area (Å²) in [7, 11) is 1.63. The van der Waals surface area contributed by atoms with Gasteiger partial charge < -0.3 is 14.5 Å². The van der Waals surface area contributed by atoms with Crippen LogP contribution in [-0.4, -0.2) is 47.7 Å². The lowest BCUT2D eigenvalue weighted by molar-refractivity contribution is 0.371. The Morgan fingerprint density at radius 2 is 2.00 bits per heavy atom. The van der Waals surface area contributed by atoms with Crippen LogP contribution in [0.1, 0.15) is 18.4 Å². The minimum Gasteiger partial charge on any atom is -0.478 e. The van der Waals surface area contributed by atoms with Gasteiger partial charge in [-0.3, -0.25) is 0 Å². The minimum atomic E-state index is 0.390. The van der Waals surface area contributed by atoms with Gasteiger partial charge in [0.05, 0.1) is 18.7 Å². The van der Waals surface area contributed by atoms with E-state index in [1.54, 1.807) is 25.7 Å². The molecule has 128 valence electrons. The molecule has 2 aromatic heterocycles. The molecule has 0 saturated carbocycles. The van der Waals surface area contributed by atoms with Crippen LogP contribution in [0.25, 0.3) is 0 Å². The van der Waals surface area contributed by atoms with E-state index in [0.717, 1.165) is 37.7 Å². The largest absolute Gasteiger partial charge is 0.478 e. The summed E-state index contributed by atoms with van der Waals surface area (Å²) in [5.74, 6) is 2.99. The summed E-state index contributed by atoms with van der Waals surface area (Å²) < 4.78 is 5.38. The van der Waals surface area contributed by atoms with E-state index < -0.39 is 0 Å². The van der Waals surface area contributed by atoms with Gasteiger partial charge in [-0.25, -0.2) is 15.0 Å². The van der Waals surface area contributed by atoms with E-state index in [1.807, 2.05) is 12.1 Å². The average molecular weight is 336 g/mol. The van der Waals surface area contributed by atoms with Crippen LogP contribution < -0.4 is 14.5 Å². The van der Waals surface area contributed by atoms with Crippen LogP contribution in [-0.2, 0) is 0 Å². The zero-order valence-corrected chi connectivity index (χ0v) is 14.2. The first-order chi connectivity index (χ1) is 12.3. The summed E-state index contributed by atoms with van der Waals surface area (Å²) in [6.07, 6.45) is 7.31. The minimum absolute atomic E-state index is 0.390. The van der Waals surface area contributed by atoms with Crippen LogP contribution in [0.3, 0.4) is 0 Å². The molecule has 4 rings (SSSR count). The molecule has 4 heterocycles. The third-order valence-electron chi connectivity index (χ3n) is 5.17. The molecule has 0 aliphatic carbocycles. The van der Waals surface area contributed by atoms with Crippen molar-refractivity contribution >= 4 is 11.6 Å². The number of ether oxygens (including phenoxy) is 1. The number of hydrogen-bond acceptors (Lipinski definition) is 7. The van der Waals surface area contributed by atoms with Crippen molar-refractivity contribution in [3.63, 3.8) is 0 Å². The molecule has 2 unspecified atom stereocenters. The third kappa shape index (κ3) is 2.84. The van der Waals surface area contributed by atoms with Crippen LogP contribution in [0.4, 0.5) is 11.6 Å². The fourth-order valence-corrected chi connectivity index (χ4v) is 3.92. The summed E-state index contributed by atoms with van der Waals surface area (Å²) in [5.41, 5.74) is 0.592. The first kappa shape index (κ1) is 15.6. The second-order valence-corrected chi connectivity index (χ2v) is 6.45. The number of rotatable bonds is 3.